The maximum Gasteiger partial charge on any atom is 0.180 e. The van der Waals surface area contributed by atoms with E-state index in [9.17, 15) is 4.39 Å². The largest absolute Gasteiger partial charge is 0.195 e. The summed E-state index contributed by atoms with van der Waals surface area (Å²) < 4.78 is 13.6. The van der Waals surface area contributed by atoms with Crippen molar-refractivity contribution in [1.29, 1.82) is 0 Å². The molecule has 1 aromatic rings. The molecule has 0 nitrogen and oxygen atoms in total. The van der Waals surface area contributed by atoms with Crippen molar-refractivity contribution in [2.24, 2.45) is 0 Å². The first kappa shape index (κ1) is 11.7. The Bertz CT molecular complexity index is 284. The molecule has 2 heteroatoms. The molecule has 0 amide bonds. The van der Waals surface area contributed by atoms with Gasteiger partial charge in [-0.2, -0.15) is 4.39 Å². The maximum absolute atomic E-state index is 13.6. The second-order valence-corrected chi connectivity index (χ2v) is 5.06. The molecule has 0 aromatic carbocycles. The highest BCUT2D eigenvalue weighted by Gasteiger charge is 2.29. The van der Waals surface area contributed by atoms with Gasteiger partial charge in [0.25, 0.3) is 0 Å². The predicted molar refractivity (Wildman–Crippen MR) is 61.6 cm³/mol. The minimum absolute atomic E-state index is 0.0142. The van der Waals surface area contributed by atoms with E-state index in [4.69, 9.17) is 0 Å². The topological polar surface area (TPSA) is 0 Å². The molecule has 0 radical (unpaired) electrons. The number of aryl methyl sites for hydroxylation is 1. The third kappa shape index (κ3) is 2.00. The van der Waals surface area contributed by atoms with Crippen molar-refractivity contribution < 1.29 is 4.39 Å². The second kappa shape index (κ2) is 4.43. The van der Waals surface area contributed by atoms with Gasteiger partial charge in [0.15, 0.2) is 5.13 Å². The van der Waals surface area contributed by atoms with Crippen molar-refractivity contribution in [3.05, 3.63) is 21.6 Å². The molecule has 0 spiro atoms. The molecule has 80 valence electrons. The van der Waals surface area contributed by atoms with Gasteiger partial charge in [-0.25, -0.2) is 0 Å². The van der Waals surface area contributed by atoms with Crippen molar-refractivity contribution in [2.75, 3.05) is 0 Å². The second-order valence-electron chi connectivity index (χ2n) is 4.23. The molecule has 0 aliphatic heterocycles. The minimum atomic E-state index is 0.0142. The summed E-state index contributed by atoms with van der Waals surface area (Å²) >= 11 is 1.23. The lowest BCUT2D eigenvalue weighted by atomic mass is 9.76. The van der Waals surface area contributed by atoms with Gasteiger partial charge >= 0.3 is 0 Å². The molecule has 0 saturated heterocycles. The normalized spacial score (nSPS) is 15.5. The van der Waals surface area contributed by atoms with E-state index in [0.717, 1.165) is 30.4 Å². The van der Waals surface area contributed by atoms with Crippen LogP contribution in [-0.2, 0) is 5.41 Å². The van der Waals surface area contributed by atoms with E-state index in [1.807, 2.05) is 12.3 Å². The Morgan fingerprint density at radius 1 is 1.43 bits per heavy atom. The van der Waals surface area contributed by atoms with E-state index in [-0.39, 0.29) is 10.5 Å². The zero-order valence-corrected chi connectivity index (χ0v) is 10.3. The summed E-state index contributed by atoms with van der Waals surface area (Å²) in [5.74, 6) is 0. The van der Waals surface area contributed by atoms with Gasteiger partial charge in [0.05, 0.1) is 0 Å². The summed E-state index contributed by atoms with van der Waals surface area (Å²) in [6, 6.07) is 0. The molecular weight excluding hydrogens is 195 g/mol. The first-order chi connectivity index (χ1) is 6.55. The van der Waals surface area contributed by atoms with Gasteiger partial charge in [-0.3, -0.25) is 0 Å². The van der Waals surface area contributed by atoms with Crippen molar-refractivity contribution in [3.63, 3.8) is 0 Å². The highest BCUT2D eigenvalue weighted by atomic mass is 32.1. The van der Waals surface area contributed by atoms with Crippen LogP contribution in [0.15, 0.2) is 5.38 Å². The molecular formula is C12H19FS. The summed E-state index contributed by atoms with van der Waals surface area (Å²) in [7, 11) is 0. The Hall–Kier alpha value is -0.370. The van der Waals surface area contributed by atoms with Gasteiger partial charge in [0.1, 0.15) is 0 Å². The van der Waals surface area contributed by atoms with Crippen LogP contribution in [0.25, 0.3) is 0 Å². The Labute approximate surface area is 90.2 Å². The fraction of sp³-hybridized carbons (Fsp3) is 0.667. The van der Waals surface area contributed by atoms with Gasteiger partial charge < -0.3 is 0 Å². The van der Waals surface area contributed by atoms with E-state index >= 15 is 0 Å². The average molecular weight is 214 g/mol. The van der Waals surface area contributed by atoms with Crippen LogP contribution in [0, 0.1) is 12.1 Å². The van der Waals surface area contributed by atoms with E-state index in [1.165, 1.54) is 11.3 Å². The van der Waals surface area contributed by atoms with Gasteiger partial charge in [-0.1, -0.05) is 27.2 Å². The molecule has 0 saturated carbocycles. The average Bonchev–Trinajstić information content (AvgIpc) is 2.47. The quantitative estimate of drug-likeness (QED) is 0.683. The maximum atomic E-state index is 13.6. The Kier molecular flexibility index (Phi) is 3.71. The lowest BCUT2D eigenvalue weighted by Gasteiger charge is -2.28. The van der Waals surface area contributed by atoms with Crippen molar-refractivity contribution in [3.8, 4) is 0 Å². The standard InChI is InChI=1S/C12H19FS/c1-5-7-12(4,6-2)10-9(3)8-14-11(10)13/h8H,5-7H2,1-4H3. The number of rotatable bonds is 4. The SMILES string of the molecule is CCCC(C)(CC)c1c(C)csc1F. The third-order valence-electron chi connectivity index (χ3n) is 3.12. The fourth-order valence-corrected chi connectivity index (χ4v) is 3.08. The first-order valence-electron chi connectivity index (χ1n) is 5.29. The summed E-state index contributed by atoms with van der Waals surface area (Å²) in [5, 5.41) is 1.94. The molecule has 1 aromatic heterocycles. The van der Waals surface area contributed by atoms with Crippen molar-refractivity contribution in [2.45, 2.75) is 52.4 Å². The zero-order valence-electron chi connectivity index (χ0n) is 9.48. The summed E-state index contributed by atoms with van der Waals surface area (Å²) in [4.78, 5) is 0. The fourth-order valence-electron chi connectivity index (χ4n) is 2.16. The molecule has 1 rings (SSSR count). The Morgan fingerprint density at radius 2 is 2.07 bits per heavy atom. The van der Waals surface area contributed by atoms with Crippen LogP contribution in [0.3, 0.4) is 0 Å². The number of hydrogen-bond donors (Lipinski definition) is 0. The molecule has 0 fully saturated rings. The van der Waals surface area contributed by atoms with Crippen LogP contribution in [0.4, 0.5) is 4.39 Å². The van der Waals surface area contributed by atoms with Gasteiger partial charge in [0, 0.05) is 5.56 Å². The Morgan fingerprint density at radius 3 is 2.43 bits per heavy atom. The predicted octanol–water partition coefficient (Wildman–Crippen LogP) is 4.66. The van der Waals surface area contributed by atoms with Crippen molar-refractivity contribution in [1.82, 2.24) is 0 Å². The van der Waals surface area contributed by atoms with E-state index in [1.54, 1.807) is 0 Å². The highest BCUT2D eigenvalue weighted by molar-refractivity contribution is 7.08. The monoisotopic (exact) mass is 214 g/mol. The molecule has 1 unspecified atom stereocenters. The lowest BCUT2D eigenvalue weighted by Crippen LogP contribution is -2.22. The van der Waals surface area contributed by atoms with Crippen LogP contribution in [0.1, 0.15) is 51.2 Å². The summed E-state index contributed by atoms with van der Waals surface area (Å²) in [6.45, 7) is 8.49. The van der Waals surface area contributed by atoms with E-state index in [2.05, 4.69) is 20.8 Å². The molecule has 0 aliphatic rings. The zero-order chi connectivity index (χ0) is 10.8. The minimum Gasteiger partial charge on any atom is -0.195 e. The molecule has 1 heterocycles. The summed E-state index contributed by atoms with van der Waals surface area (Å²) in [5.41, 5.74) is 2.10. The van der Waals surface area contributed by atoms with Crippen molar-refractivity contribution >= 4 is 11.3 Å². The summed E-state index contributed by atoms with van der Waals surface area (Å²) in [6.07, 6.45) is 3.19. The number of hydrogen-bond acceptors (Lipinski definition) is 1. The number of thiophene rings is 1. The van der Waals surface area contributed by atoms with Gasteiger partial charge in [-0.15, -0.1) is 11.3 Å². The first-order valence-corrected chi connectivity index (χ1v) is 6.17. The van der Waals surface area contributed by atoms with Crippen LogP contribution < -0.4 is 0 Å². The molecule has 0 aliphatic carbocycles. The van der Waals surface area contributed by atoms with Gasteiger partial charge in [0.2, 0.25) is 0 Å². The molecule has 14 heavy (non-hydrogen) atoms. The molecule has 1 atom stereocenters. The third-order valence-corrected chi connectivity index (χ3v) is 4.00. The molecule has 0 bridgehead atoms. The number of halogens is 1. The van der Waals surface area contributed by atoms with Crippen LogP contribution >= 0.6 is 11.3 Å². The van der Waals surface area contributed by atoms with Crippen LogP contribution in [0.5, 0.6) is 0 Å². The Balaban J connectivity index is 3.11. The lowest BCUT2D eigenvalue weighted by molar-refractivity contribution is 0.397. The van der Waals surface area contributed by atoms with E-state index in [0.29, 0.717) is 0 Å². The van der Waals surface area contributed by atoms with E-state index < -0.39 is 0 Å². The van der Waals surface area contributed by atoms with Gasteiger partial charge in [-0.05, 0) is 36.1 Å². The highest BCUT2D eigenvalue weighted by Crippen LogP contribution is 2.38. The van der Waals surface area contributed by atoms with Crippen LogP contribution in [0.2, 0.25) is 0 Å². The van der Waals surface area contributed by atoms with Crippen LogP contribution in [-0.4, -0.2) is 0 Å². The molecule has 0 N–H and O–H groups in total. The smallest absolute Gasteiger partial charge is 0.180 e.